The van der Waals surface area contributed by atoms with Crippen LogP contribution < -0.4 is 10.1 Å². The lowest BCUT2D eigenvalue weighted by Crippen LogP contribution is -2.53. The molecule has 24 heavy (non-hydrogen) atoms. The van der Waals surface area contributed by atoms with Crippen molar-refractivity contribution in [3.05, 3.63) is 27.8 Å². The minimum atomic E-state index is 0.251. The second-order valence-electron chi connectivity index (χ2n) is 6.94. The maximum atomic E-state index is 6.18. The van der Waals surface area contributed by atoms with Gasteiger partial charge in [0.1, 0.15) is 11.9 Å². The molecule has 0 bridgehead atoms. The number of nitrogens with one attached hydrogen (secondary N) is 1. The van der Waals surface area contributed by atoms with Gasteiger partial charge in [-0.1, -0.05) is 19.1 Å². The molecule has 2 heterocycles. The summed E-state index contributed by atoms with van der Waals surface area (Å²) in [5, 5.41) is 3.51. The van der Waals surface area contributed by atoms with E-state index >= 15 is 0 Å². The van der Waals surface area contributed by atoms with Gasteiger partial charge in [0.05, 0.1) is 16.8 Å². The molecule has 0 radical (unpaired) electrons. The molecule has 2 saturated heterocycles. The van der Waals surface area contributed by atoms with E-state index in [1.807, 2.05) is 19.2 Å². The first kappa shape index (κ1) is 17.8. The monoisotopic (exact) mass is 443 g/mol. The Morgan fingerprint density at radius 3 is 2.67 bits per heavy atom. The summed E-state index contributed by atoms with van der Waals surface area (Å²) in [5.41, 5.74) is 0.251. The minimum absolute atomic E-state index is 0.251. The summed E-state index contributed by atoms with van der Waals surface area (Å²) in [5.74, 6) is 1.99. The van der Waals surface area contributed by atoms with Gasteiger partial charge in [0, 0.05) is 44.9 Å². The Morgan fingerprint density at radius 1 is 1.38 bits per heavy atom. The van der Waals surface area contributed by atoms with E-state index in [-0.39, 0.29) is 11.5 Å². The summed E-state index contributed by atoms with van der Waals surface area (Å²) in [6.45, 7) is 6.78. The van der Waals surface area contributed by atoms with Crippen molar-refractivity contribution >= 4 is 28.6 Å². The first-order valence-corrected chi connectivity index (χ1v) is 9.62. The summed E-state index contributed by atoms with van der Waals surface area (Å²) in [6.07, 6.45) is 2.32. The molecule has 132 valence electrons. The Bertz CT molecular complexity index is 581. The topological polar surface area (TPSA) is 46.1 Å². The molecular weight excluding hydrogens is 417 g/mol. The molecule has 0 unspecified atom stereocenters. The van der Waals surface area contributed by atoms with E-state index in [0.717, 1.165) is 57.4 Å². The van der Waals surface area contributed by atoms with Crippen LogP contribution >= 0.6 is 22.6 Å². The van der Waals surface area contributed by atoms with Gasteiger partial charge >= 0.3 is 0 Å². The fraction of sp³-hybridized carbons (Fsp3) is 0.611. The Labute approximate surface area is 157 Å². The average molecular weight is 443 g/mol. The van der Waals surface area contributed by atoms with Crippen molar-refractivity contribution in [1.29, 1.82) is 0 Å². The Kier molecular flexibility index (Phi) is 5.86. The predicted molar refractivity (Wildman–Crippen MR) is 105 cm³/mol. The second-order valence-corrected chi connectivity index (χ2v) is 8.10. The number of hydrogen-bond acceptors (Lipinski definition) is 3. The Hall–Kier alpha value is -1.02. The van der Waals surface area contributed by atoms with Crippen molar-refractivity contribution in [2.75, 3.05) is 39.9 Å². The van der Waals surface area contributed by atoms with Crippen LogP contribution in [0.5, 0.6) is 5.75 Å². The first-order chi connectivity index (χ1) is 11.6. The van der Waals surface area contributed by atoms with Crippen LogP contribution in [0, 0.1) is 8.99 Å². The zero-order valence-corrected chi connectivity index (χ0v) is 16.6. The number of benzene rings is 1. The van der Waals surface area contributed by atoms with Crippen LogP contribution in [-0.4, -0.2) is 56.9 Å². The number of rotatable bonds is 4. The molecule has 1 aromatic rings. The lowest BCUT2D eigenvalue weighted by atomic mass is 9.89. The van der Waals surface area contributed by atoms with Crippen molar-refractivity contribution in [1.82, 2.24) is 10.2 Å². The highest BCUT2D eigenvalue weighted by atomic mass is 127. The molecule has 0 atom stereocenters. The van der Waals surface area contributed by atoms with Crippen LogP contribution in [0.1, 0.15) is 19.8 Å². The summed E-state index contributed by atoms with van der Waals surface area (Å²) < 4.78 is 12.7. The molecule has 0 aliphatic carbocycles. The number of piperidine rings is 1. The van der Waals surface area contributed by atoms with Crippen molar-refractivity contribution in [3.8, 4) is 5.75 Å². The molecule has 1 aromatic carbocycles. The Balaban J connectivity index is 1.47. The fourth-order valence-corrected chi connectivity index (χ4v) is 3.60. The number of ether oxygens (including phenoxy) is 2. The van der Waals surface area contributed by atoms with E-state index < -0.39 is 0 Å². The number of aliphatic imine (C=N–C) groups is 1. The van der Waals surface area contributed by atoms with Gasteiger partial charge in [0.2, 0.25) is 0 Å². The molecule has 5 nitrogen and oxygen atoms in total. The third-order valence-electron chi connectivity index (χ3n) is 4.66. The summed E-state index contributed by atoms with van der Waals surface area (Å²) in [4.78, 5) is 6.78. The highest BCUT2D eigenvalue weighted by molar-refractivity contribution is 14.1. The summed E-state index contributed by atoms with van der Waals surface area (Å²) >= 11 is 2.33. The largest absolute Gasteiger partial charge is 0.489 e. The molecule has 2 fully saturated rings. The van der Waals surface area contributed by atoms with E-state index in [9.17, 15) is 0 Å². The SMILES string of the molecule is CN=C(NCC1(C)COC1)N1CCC(Oc2ccccc2I)CC1. The number of nitrogens with zero attached hydrogens (tertiary/aromatic N) is 2. The summed E-state index contributed by atoms with van der Waals surface area (Å²) in [7, 11) is 1.86. The molecule has 1 N–H and O–H groups in total. The molecule has 3 rings (SSSR count). The summed E-state index contributed by atoms with van der Waals surface area (Å²) in [6, 6.07) is 8.21. The van der Waals surface area contributed by atoms with Crippen LogP contribution in [0.25, 0.3) is 0 Å². The highest BCUT2D eigenvalue weighted by Gasteiger charge is 2.34. The van der Waals surface area contributed by atoms with Crippen LogP contribution in [0.4, 0.5) is 0 Å². The van der Waals surface area contributed by atoms with Gasteiger partial charge in [0.15, 0.2) is 5.96 Å². The zero-order valence-electron chi connectivity index (χ0n) is 14.4. The van der Waals surface area contributed by atoms with Gasteiger partial charge in [-0.25, -0.2) is 0 Å². The minimum Gasteiger partial charge on any atom is -0.489 e. The smallest absolute Gasteiger partial charge is 0.193 e. The lowest BCUT2D eigenvalue weighted by molar-refractivity contribution is -0.0973. The molecule has 0 aromatic heterocycles. The van der Waals surface area contributed by atoms with Gasteiger partial charge in [-0.2, -0.15) is 0 Å². The third-order valence-corrected chi connectivity index (χ3v) is 5.55. The quantitative estimate of drug-likeness (QED) is 0.442. The standard InChI is InChI=1S/C18H26IN3O2/c1-18(12-23-13-18)11-21-17(20-2)22-9-7-14(8-10-22)24-16-6-4-3-5-15(16)19/h3-6,14H,7-13H2,1-2H3,(H,20,21). The van der Waals surface area contributed by atoms with Gasteiger partial charge in [0.25, 0.3) is 0 Å². The molecule has 6 heteroatoms. The van der Waals surface area contributed by atoms with Crippen LogP contribution in [0.3, 0.4) is 0 Å². The van der Waals surface area contributed by atoms with Crippen LogP contribution in [0.2, 0.25) is 0 Å². The zero-order chi connectivity index (χ0) is 17.0. The van der Waals surface area contributed by atoms with E-state index in [2.05, 4.69) is 56.9 Å². The van der Waals surface area contributed by atoms with E-state index in [4.69, 9.17) is 9.47 Å². The molecule has 2 aliphatic rings. The molecule has 0 saturated carbocycles. The van der Waals surface area contributed by atoms with E-state index in [1.54, 1.807) is 0 Å². The third kappa shape index (κ3) is 4.33. The van der Waals surface area contributed by atoms with Crippen LogP contribution in [0.15, 0.2) is 29.3 Å². The molecule has 0 spiro atoms. The number of hydrogen-bond donors (Lipinski definition) is 1. The average Bonchev–Trinajstić information content (AvgIpc) is 2.57. The van der Waals surface area contributed by atoms with Crippen molar-refractivity contribution in [2.45, 2.75) is 25.9 Å². The lowest BCUT2D eigenvalue weighted by Gasteiger charge is -2.40. The van der Waals surface area contributed by atoms with Gasteiger partial charge in [-0.15, -0.1) is 0 Å². The molecule has 2 aliphatic heterocycles. The van der Waals surface area contributed by atoms with Crippen LogP contribution in [-0.2, 0) is 4.74 Å². The van der Waals surface area contributed by atoms with Gasteiger partial charge in [-0.3, -0.25) is 4.99 Å². The van der Waals surface area contributed by atoms with Gasteiger partial charge in [-0.05, 0) is 34.7 Å². The number of likely N-dealkylation sites (tertiary alicyclic amines) is 1. The van der Waals surface area contributed by atoms with E-state index in [1.165, 1.54) is 3.57 Å². The molecular formula is C18H26IN3O2. The number of guanidine groups is 1. The normalized spacial score (nSPS) is 21.3. The Morgan fingerprint density at radius 2 is 2.08 bits per heavy atom. The fourth-order valence-electron chi connectivity index (χ4n) is 3.08. The second kappa shape index (κ2) is 7.91. The highest BCUT2D eigenvalue weighted by Crippen LogP contribution is 2.26. The predicted octanol–water partition coefficient (Wildman–Crippen LogP) is 2.75. The first-order valence-electron chi connectivity index (χ1n) is 8.54. The number of halogens is 1. The maximum Gasteiger partial charge on any atom is 0.193 e. The van der Waals surface area contributed by atoms with E-state index in [0.29, 0.717) is 0 Å². The number of para-hydroxylation sites is 1. The maximum absolute atomic E-state index is 6.18. The van der Waals surface area contributed by atoms with Crippen molar-refractivity contribution < 1.29 is 9.47 Å². The molecule has 0 amide bonds. The van der Waals surface area contributed by atoms with Crippen molar-refractivity contribution in [3.63, 3.8) is 0 Å². The van der Waals surface area contributed by atoms with Gasteiger partial charge < -0.3 is 19.7 Å². The van der Waals surface area contributed by atoms with Crippen molar-refractivity contribution in [2.24, 2.45) is 10.4 Å².